The molecule has 0 amide bonds. The Labute approximate surface area is 104 Å². The van der Waals surface area contributed by atoms with Crippen molar-refractivity contribution in [2.24, 2.45) is 0 Å². The van der Waals surface area contributed by atoms with Crippen molar-refractivity contribution in [2.45, 2.75) is 0 Å². The van der Waals surface area contributed by atoms with Crippen LogP contribution in [0.1, 0.15) is 0 Å². The third-order valence-corrected chi connectivity index (χ3v) is 2.75. The van der Waals surface area contributed by atoms with Crippen LogP contribution in [-0.2, 0) is 0 Å². The lowest BCUT2D eigenvalue weighted by Crippen LogP contribution is -1.93. The Bertz CT molecular complexity index is 683. The van der Waals surface area contributed by atoms with E-state index in [1.807, 2.05) is 42.5 Å². The number of ether oxygens (including phenoxy) is 1. The summed E-state index contributed by atoms with van der Waals surface area (Å²) in [4.78, 5) is 4.36. The second-order valence-electron chi connectivity index (χ2n) is 3.85. The lowest BCUT2D eigenvalue weighted by atomic mass is 10.1. The molecule has 0 N–H and O–H groups in total. The first-order valence-electron chi connectivity index (χ1n) is 5.60. The van der Waals surface area contributed by atoms with Crippen molar-refractivity contribution in [1.29, 1.82) is 0 Å². The van der Waals surface area contributed by atoms with E-state index >= 15 is 0 Å². The molecule has 2 aromatic heterocycles. The molecule has 0 atom stereocenters. The molecule has 4 heteroatoms. The minimum absolute atomic E-state index is 0.578. The van der Waals surface area contributed by atoms with Gasteiger partial charge < -0.3 is 4.74 Å². The number of aromatic nitrogens is 3. The van der Waals surface area contributed by atoms with Gasteiger partial charge >= 0.3 is 0 Å². The fourth-order valence-electron chi connectivity index (χ4n) is 1.87. The first kappa shape index (κ1) is 10.7. The zero-order valence-corrected chi connectivity index (χ0v) is 9.87. The number of hydrogen-bond acceptors (Lipinski definition) is 4. The predicted molar refractivity (Wildman–Crippen MR) is 69.3 cm³/mol. The molecule has 0 bridgehead atoms. The number of benzene rings is 1. The summed E-state index contributed by atoms with van der Waals surface area (Å²) in [6.07, 6.45) is 1.64. The van der Waals surface area contributed by atoms with E-state index in [0.717, 1.165) is 22.2 Å². The fraction of sp³-hybridized carbons (Fsp3) is 0.0714. The van der Waals surface area contributed by atoms with Crippen molar-refractivity contribution in [1.82, 2.24) is 15.2 Å². The van der Waals surface area contributed by atoms with Crippen molar-refractivity contribution in [3.8, 4) is 17.1 Å². The van der Waals surface area contributed by atoms with E-state index in [9.17, 15) is 0 Å². The Morgan fingerprint density at radius 1 is 1.00 bits per heavy atom. The number of hydrogen-bond donors (Lipinski definition) is 0. The van der Waals surface area contributed by atoms with Gasteiger partial charge in [0, 0.05) is 17.0 Å². The maximum absolute atomic E-state index is 5.11. The molecule has 2 heterocycles. The molecule has 1 aromatic carbocycles. The maximum Gasteiger partial charge on any atom is 0.213 e. The molecule has 0 aliphatic heterocycles. The van der Waals surface area contributed by atoms with E-state index in [-0.39, 0.29) is 0 Å². The molecule has 18 heavy (non-hydrogen) atoms. The van der Waals surface area contributed by atoms with Crippen LogP contribution in [0.15, 0.2) is 48.7 Å². The van der Waals surface area contributed by atoms with Crippen molar-refractivity contribution < 1.29 is 4.74 Å². The molecular weight excluding hydrogens is 226 g/mol. The Balaban J connectivity index is 2.25. The molecule has 3 aromatic rings. The van der Waals surface area contributed by atoms with Gasteiger partial charge in [-0.1, -0.05) is 30.3 Å². The number of pyridine rings is 1. The van der Waals surface area contributed by atoms with Crippen LogP contribution in [-0.4, -0.2) is 22.3 Å². The van der Waals surface area contributed by atoms with Gasteiger partial charge in [-0.25, -0.2) is 4.98 Å². The van der Waals surface area contributed by atoms with Gasteiger partial charge in [0.25, 0.3) is 0 Å². The third-order valence-electron chi connectivity index (χ3n) is 2.75. The van der Waals surface area contributed by atoms with Crippen LogP contribution in [0.3, 0.4) is 0 Å². The summed E-state index contributed by atoms with van der Waals surface area (Å²) in [6.45, 7) is 0. The van der Waals surface area contributed by atoms with Gasteiger partial charge in [0.1, 0.15) is 5.69 Å². The zero-order chi connectivity index (χ0) is 12.4. The number of rotatable bonds is 2. The van der Waals surface area contributed by atoms with Crippen LogP contribution in [0.5, 0.6) is 5.88 Å². The van der Waals surface area contributed by atoms with Gasteiger partial charge in [0.15, 0.2) is 0 Å². The second-order valence-corrected chi connectivity index (χ2v) is 3.85. The molecule has 0 unspecified atom stereocenters. The van der Waals surface area contributed by atoms with Crippen LogP contribution in [0.25, 0.3) is 22.2 Å². The number of fused-ring (bicyclic) bond motifs is 1. The molecule has 0 saturated heterocycles. The average Bonchev–Trinajstić information content (AvgIpc) is 2.47. The summed E-state index contributed by atoms with van der Waals surface area (Å²) >= 11 is 0. The van der Waals surface area contributed by atoms with Gasteiger partial charge in [-0.15, -0.1) is 5.10 Å². The first-order valence-corrected chi connectivity index (χ1v) is 5.60. The third kappa shape index (κ3) is 1.78. The van der Waals surface area contributed by atoms with E-state index in [1.165, 1.54) is 0 Å². The van der Waals surface area contributed by atoms with Crippen molar-refractivity contribution in [2.75, 3.05) is 7.11 Å². The van der Waals surface area contributed by atoms with Gasteiger partial charge in [-0.2, -0.15) is 5.10 Å². The zero-order valence-electron chi connectivity index (χ0n) is 9.87. The highest BCUT2D eigenvalue weighted by Crippen LogP contribution is 2.25. The van der Waals surface area contributed by atoms with E-state index in [1.54, 1.807) is 13.3 Å². The molecule has 0 aliphatic rings. The minimum atomic E-state index is 0.578. The van der Waals surface area contributed by atoms with E-state index in [2.05, 4.69) is 15.2 Å². The van der Waals surface area contributed by atoms with E-state index in [0.29, 0.717) is 5.88 Å². The smallest absolute Gasteiger partial charge is 0.213 e. The van der Waals surface area contributed by atoms with Gasteiger partial charge in [0.2, 0.25) is 5.88 Å². The Hall–Kier alpha value is -2.49. The number of nitrogens with zero attached hydrogens (tertiary/aromatic N) is 3. The fourth-order valence-corrected chi connectivity index (χ4v) is 1.87. The van der Waals surface area contributed by atoms with Crippen molar-refractivity contribution in [3.63, 3.8) is 0 Å². The van der Waals surface area contributed by atoms with E-state index < -0.39 is 0 Å². The van der Waals surface area contributed by atoms with Crippen LogP contribution in [0.2, 0.25) is 0 Å². The first-order chi connectivity index (χ1) is 8.88. The summed E-state index contributed by atoms with van der Waals surface area (Å²) in [6, 6.07) is 13.7. The van der Waals surface area contributed by atoms with Crippen LogP contribution >= 0.6 is 0 Å². The van der Waals surface area contributed by atoms with Gasteiger partial charge in [0.05, 0.1) is 18.8 Å². The molecule has 0 saturated carbocycles. The summed E-state index contributed by atoms with van der Waals surface area (Å²) in [7, 11) is 1.60. The quantitative estimate of drug-likeness (QED) is 0.687. The SMILES string of the molecule is COc1ccc2c(-c3ccccc3)nncc2n1. The monoisotopic (exact) mass is 237 g/mol. The Kier molecular flexibility index (Phi) is 2.61. The van der Waals surface area contributed by atoms with E-state index in [4.69, 9.17) is 4.74 Å². The van der Waals surface area contributed by atoms with Crippen LogP contribution < -0.4 is 4.74 Å². The topological polar surface area (TPSA) is 47.9 Å². The minimum Gasteiger partial charge on any atom is -0.481 e. The molecule has 0 fully saturated rings. The Morgan fingerprint density at radius 2 is 1.83 bits per heavy atom. The summed E-state index contributed by atoms with van der Waals surface area (Å²) in [5.74, 6) is 0.578. The predicted octanol–water partition coefficient (Wildman–Crippen LogP) is 2.70. The standard InChI is InChI=1S/C14H11N3O/c1-18-13-8-7-11-12(16-13)9-15-17-14(11)10-5-3-2-4-6-10/h2-9H,1H3. The molecule has 4 nitrogen and oxygen atoms in total. The normalized spacial score (nSPS) is 10.5. The largest absolute Gasteiger partial charge is 0.481 e. The summed E-state index contributed by atoms with van der Waals surface area (Å²) < 4.78 is 5.11. The molecule has 0 radical (unpaired) electrons. The van der Waals surface area contributed by atoms with Gasteiger partial charge in [-0.3, -0.25) is 0 Å². The second kappa shape index (κ2) is 4.41. The van der Waals surface area contributed by atoms with Gasteiger partial charge in [-0.05, 0) is 6.07 Å². The highest BCUT2D eigenvalue weighted by molar-refractivity contribution is 5.91. The number of methoxy groups -OCH3 is 1. The molecule has 88 valence electrons. The summed E-state index contributed by atoms with van der Waals surface area (Å²) in [5.41, 5.74) is 2.65. The molecule has 0 spiro atoms. The molecular formula is C14H11N3O. The lowest BCUT2D eigenvalue weighted by molar-refractivity contribution is 0.399. The molecule has 3 rings (SSSR count). The maximum atomic E-state index is 5.11. The van der Waals surface area contributed by atoms with Crippen LogP contribution in [0, 0.1) is 0 Å². The van der Waals surface area contributed by atoms with Crippen LogP contribution in [0.4, 0.5) is 0 Å². The Morgan fingerprint density at radius 3 is 2.61 bits per heavy atom. The highest BCUT2D eigenvalue weighted by Gasteiger charge is 2.07. The molecule has 0 aliphatic carbocycles. The lowest BCUT2D eigenvalue weighted by Gasteiger charge is -2.05. The average molecular weight is 237 g/mol. The summed E-state index contributed by atoms with van der Waals surface area (Å²) in [5, 5.41) is 9.17. The van der Waals surface area contributed by atoms with Crippen molar-refractivity contribution >= 4 is 10.9 Å². The van der Waals surface area contributed by atoms with Crippen molar-refractivity contribution in [3.05, 3.63) is 48.7 Å². The highest BCUT2D eigenvalue weighted by atomic mass is 16.5.